The molecule has 0 atom stereocenters. The smallest absolute Gasteiger partial charge is 0.151 e. The molecule has 2 heterocycles. The van der Waals surface area contributed by atoms with E-state index in [1.807, 2.05) is 25.3 Å². The molecule has 0 radical (unpaired) electrons. The van der Waals surface area contributed by atoms with E-state index in [9.17, 15) is 0 Å². The van der Waals surface area contributed by atoms with Gasteiger partial charge in [-0.25, -0.2) is 0 Å². The van der Waals surface area contributed by atoms with Crippen LogP contribution in [0.2, 0.25) is 10.0 Å². The van der Waals surface area contributed by atoms with Crippen molar-refractivity contribution < 1.29 is 4.52 Å². The van der Waals surface area contributed by atoms with Gasteiger partial charge in [0.2, 0.25) is 0 Å². The third-order valence-electron chi connectivity index (χ3n) is 3.77. The highest BCUT2D eigenvalue weighted by Gasteiger charge is 2.18. The summed E-state index contributed by atoms with van der Waals surface area (Å²) in [6.45, 7) is 6.43. The molecule has 2 aromatic rings. The maximum absolute atomic E-state index is 6.22. The van der Waals surface area contributed by atoms with Crippen LogP contribution in [0.3, 0.4) is 0 Å². The molecule has 122 valence electrons. The van der Waals surface area contributed by atoms with E-state index in [2.05, 4.69) is 20.2 Å². The number of halogens is 2. The van der Waals surface area contributed by atoms with E-state index in [1.165, 1.54) is 0 Å². The third-order valence-corrected chi connectivity index (χ3v) is 4.32. The summed E-state index contributed by atoms with van der Waals surface area (Å²) in [5, 5.41) is 11.7. The van der Waals surface area contributed by atoms with Gasteiger partial charge in [0.15, 0.2) is 5.76 Å². The number of nitrogens with zero attached hydrogens (tertiary/aromatic N) is 4. The Bertz CT molecular complexity index is 693. The van der Waals surface area contributed by atoms with Crippen molar-refractivity contribution in [2.45, 2.75) is 13.5 Å². The fraction of sp³-hybridized carbons (Fsp3) is 0.375. The summed E-state index contributed by atoms with van der Waals surface area (Å²) in [7, 11) is 0. The number of aromatic nitrogens is 1. The van der Waals surface area contributed by atoms with E-state index in [-0.39, 0.29) is 0 Å². The summed E-state index contributed by atoms with van der Waals surface area (Å²) >= 11 is 12.1. The second-order valence-electron chi connectivity index (χ2n) is 5.41. The molecule has 1 fully saturated rings. The number of rotatable bonds is 4. The lowest BCUT2D eigenvalue weighted by molar-refractivity contribution is 0.122. The quantitative estimate of drug-likeness (QED) is 0.785. The molecule has 1 aromatic carbocycles. The minimum Gasteiger partial charge on any atom is -0.359 e. The molecular formula is C16H18Cl2N4O. The summed E-state index contributed by atoms with van der Waals surface area (Å²) in [6, 6.07) is 7.30. The molecule has 0 aliphatic carbocycles. The first-order valence-electron chi connectivity index (χ1n) is 7.52. The van der Waals surface area contributed by atoms with Crippen LogP contribution < -0.4 is 0 Å². The van der Waals surface area contributed by atoms with Gasteiger partial charge >= 0.3 is 0 Å². The van der Waals surface area contributed by atoms with Crippen molar-refractivity contribution >= 4 is 29.4 Å². The van der Waals surface area contributed by atoms with Gasteiger partial charge in [-0.15, -0.1) is 0 Å². The van der Waals surface area contributed by atoms with E-state index < -0.39 is 0 Å². The van der Waals surface area contributed by atoms with Crippen LogP contribution in [0.4, 0.5) is 0 Å². The van der Waals surface area contributed by atoms with Crippen molar-refractivity contribution in [3.63, 3.8) is 0 Å². The molecule has 0 unspecified atom stereocenters. The molecule has 23 heavy (non-hydrogen) atoms. The first-order chi connectivity index (χ1) is 11.2. The van der Waals surface area contributed by atoms with Crippen molar-refractivity contribution in [1.29, 1.82) is 0 Å². The first kappa shape index (κ1) is 16.3. The van der Waals surface area contributed by atoms with Gasteiger partial charge in [0.25, 0.3) is 0 Å². The average molecular weight is 353 g/mol. The molecule has 1 aliphatic heterocycles. The zero-order valence-electron chi connectivity index (χ0n) is 12.9. The van der Waals surface area contributed by atoms with Crippen molar-refractivity contribution in [3.05, 3.63) is 40.1 Å². The van der Waals surface area contributed by atoms with E-state index >= 15 is 0 Å². The predicted molar refractivity (Wildman–Crippen MR) is 93.0 cm³/mol. The minimum absolute atomic E-state index is 0.573. The largest absolute Gasteiger partial charge is 0.359 e. The standard InChI is InChI=1S/C16H18Cl2N4O/c1-2-19-22-7-5-21(6-8-22)11-13-10-16(20-23-13)14-4-3-12(17)9-15(14)18/h2-4,9-10H,5-8,11H2,1H3/b19-2+. The monoisotopic (exact) mass is 352 g/mol. The normalized spacial score (nSPS) is 16.4. The van der Waals surface area contributed by atoms with Gasteiger partial charge in [-0.3, -0.25) is 9.91 Å². The van der Waals surface area contributed by atoms with Gasteiger partial charge in [0.05, 0.1) is 11.6 Å². The molecule has 3 rings (SSSR count). The molecule has 0 saturated carbocycles. The third kappa shape index (κ3) is 4.05. The lowest BCUT2D eigenvalue weighted by atomic mass is 10.1. The summed E-state index contributed by atoms with van der Waals surface area (Å²) in [6.07, 6.45) is 1.83. The zero-order valence-corrected chi connectivity index (χ0v) is 14.4. The summed E-state index contributed by atoms with van der Waals surface area (Å²) in [4.78, 5) is 2.33. The van der Waals surface area contributed by atoms with Crippen LogP contribution in [0.1, 0.15) is 12.7 Å². The topological polar surface area (TPSA) is 44.9 Å². The summed E-state index contributed by atoms with van der Waals surface area (Å²) in [5.74, 6) is 0.832. The Kier molecular flexibility index (Phi) is 5.20. The van der Waals surface area contributed by atoms with Gasteiger partial charge < -0.3 is 4.52 Å². The number of hydrogen-bond donors (Lipinski definition) is 0. The van der Waals surface area contributed by atoms with Crippen molar-refractivity contribution in [2.75, 3.05) is 26.2 Å². The van der Waals surface area contributed by atoms with E-state index in [1.54, 1.807) is 12.1 Å². The number of piperazine rings is 1. The lowest BCUT2D eigenvalue weighted by Crippen LogP contribution is -2.43. The second kappa shape index (κ2) is 7.34. The van der Waals surface area contributed by atoms with Crippen molar-refractivity contribution in [1.82, 2.24) is 15.1 Å². The van der Waals surface area contributed by atoms with Gasteiger partial charge in [-0.2, -0.15) is 5.10 Å². The SMILES string of the molecule is C/C=N/N1CCN(Cc2cc(-c3ccc(Cl)cc3Cl)no2)CC1. The predicted octanol–water partition coefficient (Wildman–Crippen LogP) is 3.77. The molecule has 0 spiro atoms. The van der Waals surface area contributed by atoms with Gasteiger partial charge in [0.1, 0.15) is 5.69 Å². The molecule has 7 heteroatoms. The van der Waals surface area contributed by atoms with Crippen LogP contribution in [0.25, 0.3) is 11.3 Å². The number of hydrogen-bond acceptors (Lipinski definition) is 5. The first-order valence-corrected chi connectivity index (χ1v) is 8.28. The Morgan fingerprint density at radius 3 is 2.70 bits per heavy atom. The van der Waals surface area contributed by atoms with E-state index in [0.717, 1.165) is 49.7 Å². The molecule has 0 N–H and O–H groups in total. The fourth-order valence-electron chi connectivity index (χ4n) is 2.61. The molecule has 0 amide bonds. The molecule has 5 nitrogen and oxygen atoms in total. The van der Waals surface area contributed by atoms with E-state index in [4.69, 9.17) is 27.7 Å². The lowest BCUT2D eigenvalue weighted by Gasteiger charge is -2.32. The van der Waals surface area contributed by atoms with Gasteiger partial charge in [-0.1, -0.05) is 28.4 Å². The fourth-order valence-corrected chi connectivity index (χ4v) is 3.11. The molecule has 1 saturated heterocycles. The Balaban J connectivity index is 1.64. The highest BCUT2D eigenvalue weighted by Crippen LogP contribution is 2.30. The van der Waals surface area contributed by atoms with Crippen molar-refractivity contribution in [2.24, 2.45) is 5.10 Å². The highest BCUT2D eigenvalue weighted by molar-refractivity contribution is 6.36. The van der Waals surface area contributed by atoms with Crippen LogP contribution in [-0.2, 0) is 6.54 Å². The van der Waals surface area contributed by atoms with Gasteiger partial charge in [0, 0.05) is 49.0 Å². The maximum atomic E-state index is 6.22. The Hall–Kier alpha value is -1.56. The Morgan fingerprint density at radius 2 is 2.00 bits per heavy atom. The van der Waals surface area contributed by atoms with Crippen LogP contribution >= 0.6 is 23.2 Å². The van der Waals surface area contributed by atoms with Crippen LogP contribution in [0.15, 0.2) is 33.9 Å². The number of benzene rings is 1. The Labute approximate surface area is 145 Å². The summed E-state index contributed by atoms with van der Waals surface area (Å²) < 4.78 is 5.45. The van der Waals surface area contributed by atoms with Crippen LogP contribution in [0.5, 0.6) is 0 Å². The molecule has 0 bridgehead atoms. The van der Waals surface area contributed by atoms with E-state index in [0.29, 0.717) is 10.0 Å². The summed E-state index contributed by atoms with van der Waals surface area (Å²) in [5.41, 5.74) is 1.56. The average Bonchev–Trinajstić information content (AvgIpc) is 2.98. The Morgan fingerprint density at radius 1 is 1.22 bits per heavy atom. The van der Waals surface area contributed by atoms with Crippen LogP contribution in [-0.4, -0.2) is 47.5 Å². The maximum Gasteiger partial charge on any atom is 0.151 e. The molecular weight excluding hydrogens is 335 g/mol. The highest BCUT2D eigenvalue weighted by atomic mass is 35.5. The van der Waals surface area contributed by atoms with Gasteiger partial charge in [-0.05, 0) is 25.1 Å². The zero-order chi connectivity index (χ0) is 16.2. The molecule has 1 aliphatic rings. The number of hydrazone groups is 1. The van der Waals surface area contributed by atoms with Crippen LogP contribution in [0, 0.1) is 0 Å². The second-order valence-corrected chi connectivity index (χ2v) is 6.25. The molecule has 1 aromatic heterocycles. The van der Waals surface area contributed by atoms with Crippen molar-refractivity contribution in [3.8, 4) is 11.3 Å². The minimum atomic E-state index is 0.573.